The molecule has 2 aromatic heterocycles. The van der Waals surface area contributed by atoms with Crippen LogP contribution in [0.4, 0.5) is 0 Å². The van der Waals surface area contributed by atoms with Crippen LogP contribution in [0.1, 0.15) is 26.3 Å². The monoisotopic (exact) mass is 176 g/mol. The van der Waals surface area contributed by atoms with Crippen molar-refractivity contribution in [3.8, 4) is 0 Å². The molecule has 2 rings (SSSR count). The topological polar surface area (TPSA) is 43.1 Å². The molecule has 0 saturated carbocycles. The zero-order chi connectivity index (χ0) is 9.47. The Morgan fingerprint density at radius 3 is 2.77 bits per heavy atom. The summed E-state index contributed by atoms with van der Waals surface area (Å²) in [6.45, 7) is 6.45. The molecule has 13 heavy (non-hydrogen) atoms. The van der Waals surface area contributed by atoms with Gasteiger partial charge < -0.3 is 0 Å². The summed E-state index contributed by atoms with van der Waals surface area (Å²) in [7, 11) is 0. The first kappa shape index (κ1) is 8.16. The highest BCUT2D eigenvalue weighted by Gasteiger charge is 2.18. The predicted octanol–water partition coefficient (Wildman–Crippen LogP) is 1.42. The molecule has 0 aliphatic heterocycles. The molecule has 2 aromatic rings. The second-order valence-corrected chi connectivity index (χ2v) is 4.12. The SMILES string of the molecule is CC(C)(C)c1cccn2nnnc12. The highest BCUT2D eigenvalue weighted by Crippen LogP contribution is 2.24. The molecule has 0 bridgehead atoms. The fourth-order valence-electron chi connectivity index (χ4n) is 1.35. The van der Waals surface area contributed by atoms with Crippen LogP contribution in [-0.2, 0) is 5.41 Å². The van der Waals surface area contributed by atoms with E-state index >= 15 is 0 Å². The van der Waals surface area contributed by atoms with Crippen molar-refractivity contribution < 1.29 is 0 Å². The van der Waals surface area contributed by atoms with Gasteiger partial charge in [-0.3, -0.25) is 0 Å². The van der Waals surface area contributed by atoms with E-state index in [1.54, 1.807) is 4.52 Å². The van der Waals surface area contributed by atoms with Gasteiger partial charge in [0.05, 0.1) is 0 Å². The lowest BCUT2D eigenvalue weighted by atomic mass is 9.88. The smallest absolute Gasteiger partial charge is 0.182 e. The van der Waals surface area contributed by atoms with Gasteiger partial charge in [-0.2, -0.15) is 0 Å². The van der Waals surface area contributed by atoms with Gasteiger partial charge in [-0.15, -0.1) is 5.10 Å². The number of hydrogen-bond donors (Lipinski definition) is 0. The van der Waals surface area contributed by atoms with Crippen molar-refractivity contribution in [1.29, 1.82) is 0 Å². The van der Waals surface area contributed by atoms with Gasteiger partial charge in [-0.1, -0.05) is 26.8 Å². The minimum absolute atomic E-state index is 0.0806. The van der Waals surface area contributed by atoms with Crippen molar-refractivity contribution in [2.75, 3.05) is 0 Å². The second kappa shape index (κ2) is 2.52. The van der Waals surface area contributed by atoms with Gasteiger partial charge in [0.2, 0.25) is 0 Å². The van der Waals surface area contributed by atoms with Crippen LogP contribution in [0.2, 0.25) is 0 Å². The Labute approximate surface area is 76.6 Å². The van der Waals surface area contributed by atoms with Crippen LogP contribution in [-0.4, -0.2) is 20.0 Å². The summed E-state index contributed by atoms with van der Waals surface area (Å²) in [4.78, 5) is 0. The molecule has 4 heteroatoms. The van der Waals surface area contributed by atoms with Crippen LogP contribution in [0, 0.1) is 0 Å². The normalized spacial score (nSPS) is 12.2. The molecule has 2 heterocycles. The summed E-state index contributed by atoms with van der Waals surface area (Å²) in [5.41, 5.74) is 2.09. The summed E-state index contributed by atoms with van der Waals surface area (Å²) in [5.74, 6) is 0. The van der Waals surface area contributed by atoms with Crippen LogP contribution in [0.15, 0.2) is 18.3 Å². The van der Waals surface area contributed by atoms with Gasteiger partial charge >= 0.3 is 0 Å². The van der Waals surface area contributed by atoms with Crippen LogP contribution >= 0.6 is 0 Å². The van der Waals surface area contributed by atoms with Gasteiger partial charge in [0.15, 0.2) is 5.65 Å². The van der Waals surface area contributed by atoms with Gasteiger partial charge in [0.25, 0.3) is 0 Å². The van der Waals surface area contributed by atoms with Gasteiger partial charge in [0, 0.05) is 11.8 Å². The summed E-state index contributed by atoms with van der Waals surface area (Å²) in [6, 6.07) is 4.02. The first-order chi connectivity index (χ1) is 6.09. The molecule has 0 amide bonds. The number of aromatic nitrogens is 4. The molecular formula is C9H12N4. The molecule has 0 aliphatic carbocycles. The van der Waals surface area contributed by atoms with Gasteiger partial charge in [-0.25, -0.2) is 4.52 Å². The van der Waals surface area contributed by atoms with Gasteiger partial charge in [-0.05, 0) is 21.9 Å². The number of rotatable bonds is 0. The first-order valence-corrected chi connectivity index (χ1v) is 4.26. The van der Waals surface area contributed by atoms with Crippen LogP contribution in [0.25, 0.3) is 5.65 Å². The van der Waals surface area contributed by atoms with Crippen LogP contribution < -0.4 is 0 Å². The largest absolute Gasteiger partial charge is 0.200 e. The quantitative estimate of drug-likeness (QED) is 0.609. The highest BCUT2D eigenvalue weighted by atomic mass is 15.5. The maximum absolute atomic E-state index is 3.99. The lowest BCUT2D eigenvalue weighted by Gasteiger charge is -2.18. The molecule has 68 valence electrons. The molecule has 0 aliphatic rings. The van der Waals surface area contributed by atoms with E-state index in [4.69, 9.17) is 0 Å². The minimum Gasteiger partial charge on any atom is -0.200 e. The fourth-order valence-corrected chi connectivity index (χ4v) is 1.35. The van der Waals surface area contributed by atoms with Crippen molar-refractivity contribution >= 4 is 5.65 Å². The van der Waals surface area contributed by atoms with E-state index in [0.717, 1.165) is 5.65 Å². The summed E-state index contributed by atoms with van der Waals surface area (Å²) < 4.78 is 1.70. The Morgan fingerprint density at radius 1 is 1.31 bits per heavy atom. The van der Waals surface area contributed by atoms with Crippen molar-refractivity contribution in [2.24, 2.45) is 0 Å². The zero-order valence-corrected chi connectivity index (χ0v) is 8.02. The Bertz CT molecular complexity index is 424. The van der Waals surface area contributed by atoms with E-state index in [2.05, 4.69) is 42.4 Å². The summed E-state index contributed by atoms with van der Waals surface area (Å²) >= 11 is 0. The van der Waals surface area contributed by atoms with Crippen LogP contribution in [0.5, 0.6) is 0 Å². The third-order valence-corrected chi connectivity index (χ3v) is 2.03. The predicted molar refractivity (Wildman–Crippen MR) is 49.5 cm³/mol. The first-order valence-electron chi connectivity index (χ1n) is 4.26. The molecule has 0 atom stereocenters. The van der Waals surface area contributed by atoms with E-state index in [1.165, 1.54) is 5.56 Å². The average molecular weight is 176 g/mol. The van der Waals surface area contributed by atoms with E-state index in [9.17, 15) is 0 Å². The summed E-state index contributed by atoms with van der Waals surface area (Å²) in [5, 5.41) is 11.5. The van der Waals surface area contributed by atoms with E-state index in [1.807, 2.05) is 12.3 Å². The molecule has 0 spiro atoms. The molecule has 0 saturated heterocycles. The van der Waals surface area contributed by atoms with Crippen molar-refractivity contribution in [3.63, 3.8) is 0 Å². The third kappa shape index (κ3) is 1.28. The molecule has 4 nitrogen and oxygen atoms in total. The molecular weight excluding hydrogens is 164 g/mol. The molecule has 0 fully saturated rings. The number of nitrogens with zero attached hydrogens (tertiary/aromatic N) is 4. The third-order valence-electron chi connectivity index (χ3n) is 2.03. The maximum atomic E-state index is 3.99. The maximum Gasteiger partial charge on any atom is 0.182 e. The summed E-state index contributed by atoms with van der Waals surface area (Å²) in [6.07, 6.45) is 1.85. The average Bonchev–Trinajstić information content (AvgIpc) is 2.48. The van der Waals surface area contributed by atoms with Crippen LogP contribution in [0.3, 0.4) is 0 Å². The van der Waals surface area contributed by atoms with Gasteiger partial charge in [0.1, 0.15) is 0 Å². The fraction of sp³-hybridized carbons (Fsp3) is 0.444. The van der Waals surface area contributed by atoms with E-state index in [0.29, 0.717) is 0 Å². The minimum atomic E-state index is 0.0806. The van der Waals surface area contributed by atoms with E-state index < -0.39 is 0 Å². The number of fused-ring (bicyclic) bond motifs is 1. The lowest BCUT2D eigenvalue weighted by Crippen LogP contribution is -2.13. The van der Waals surface area contributed by atoms with Crippen molar-refractivity contribution in [1.82, 2.24) is 20.0 Å². The van der Waals surface area contributed by atoms with E-state index in [-0.39, 0.29) is 5.41 Å². The second-order valence-electron chi connectivity index (χ2n) is 4.12. The standard InChI is InChI=1S/C9H12N4/c1-9(2,3)7-5-4-6-13-8(7)10-11-12-13/h4-6H,1-3H3. The highest BCUT2D eigenvalue weighted by molar-refractivity contribution is 5.48. The Morgan fingerprint density at radius 2 is 2.08 bits per heavy atom. The molecule has 0 unspecified atom stereocenters. The Balaban J connectivity index is 2.75. The lowest BCUT2D eigenvalue weighted by molar-refractivity contribution is 0.591. The Hall–Kier alpha value is -1.45. The molecule has 0 radical (unpaired) electrons. The van der Waals surface area contributed by atoms with Crippen molar-refractivity contribution in [2.45, 2.75) is 26.2 Å². The number of pyridine rings is 1. The zero-order valence-electron chi connectivity index (χ0n) is 8.02. The molecule has 0 aromatic carbocycles. The molecule has 0 N–H and O–H groups in total. The number of hydrogen-bond acceptors (Lipinski definition) is 3. The van der Waals surface area contributed by atoms with Crippen molar-refractivity contribution in [3.05, 3.63) is 23.9 Å². The Kier molecular flexibility index (Phi) is 1.58. The number of tetrazole rings is 1.